The fourth-order valence-corrected chi connectivity index (χ4v) is 5.53. The van der Waals surface area contributed by atoms with Crippen LogP contribution in [0.2, 0.25) is 5.02 Å². The number of hydrogen-bond acceptors (Lipinski definition) is 5. The third-order valence-electron chi connectivity index (χ3n) is 8.08. The van der Waals surface area contributed by atoms with Crippen molar-refractivity contribution in [3.8, 4) is 11.5 Å². The minimum Gasteiger partial charge on any atom is -0.496 e. The monoisotopic (exact) mass is 651 g/mol. The van der Waals surface area contributed by atoms with Crippen molar-refractivity contribution in [2.24, 2.45) is 0 Å². The summed E-state index contributed by atoms with van der Waals surface area (Å²) < 4.78 is 18.9. The van der Waals surface area contributed by atoms with Gasteiger partial charge in [0.25, 0.3) is 5.91 Å². The summed E-state index contributed by atoms with van der Waals surface area (Å²) >= 11 is 6.51. The number of pyridine rings is 1. The first-order chi connectivity index (χ1) is 22.5. The van der Waals surface area contributed by atoms with Crippen LogP contribution >= 0.6 is 11.6 Å². The molecule has 0 radical (unpaired) electrons. The third-order valence-corrected chi connectivity index (χ3v) is 8.38. The zero-order chi connectivity index (χ0) is 33.0. The van der Waals surface area contributed by atoms with Crippen LogP contribution in [0.5, 0.6) is 11.5 Å². The Bertz CT molecular complexity index is 1330. The molecular weight excluding hydrogens is 600 g/mol. The van der Waals surface area contributed by atoms with Gasteiger partial charge in [0.15, 0.2) is 12.4 Å². The highest BCUT2D eigenvalue weighted by Gasteiger charge is 2.27. The molecule has 1 heterocycles. The molecule has 0 spiro atoms. The molecule has 2 amide bonds. The van der Waals surface area contributed by atoms with Crippen molar-refractivity contribution in [1.29, 1.82) is 0 Å². The smallest absolute Gasteiger partial charge is 0.417 e. The number of carbonyl (C=O) groups is 2. The molecule has 0 fully saturated rings. The normalized spacial score (nSPS) is 10.9. The minimum atomic E-state index is -0.758. The van der Waals surface area contributed by atoms with Crippen LogP contribution in [0.3, 0.4) is 0 Å². The summed E-state index contributed by atoms with van der Waals surface area (Å²) in [5.41, 5.74) is 1.77. The maximum absolute atomic E-state index is 13.6. The molecule has 0 bridgehead atoms. The molecule has 250 valence electrons. The zero-order valence-corrected chi connectivity index (χ0v) is 28.7. The molecule has 0 atom stereocenters. The number of hydrogen-bond donors (Lipinski definition) is 0. The van der Waals surface area contributed by atoms with E-state index in [1.54, 1.807) is 36.4 Å². The molecule has 2 aromatic carbocycles. The molecule has 0 N–H and O–H groups in total. The lowest BCUT2D eigenvalue weighted by atomic mass is 10.1. The van der Waals surface area contributed by atoms with Gasteiger partial charge < -0.3 is 14.2 Å². The minimum absolute atomic E-state index is 0.0437. The summed E-state index contributed by atoms with van der Waals surface area (Å²) in [6, 6.07) is 16.0. The van der Waals surface area contributed by atoms with Crippen molar-refractivity contribution < 1.29 is 28.4 Å². The van der Waals surface area contributed by atoms with Crippen molar-refractivity contribution in [3.05, 3.63) is 88.7 Å². The fourth-order valence-electron chi connectivity index (χ4n) is 5.27. The Labute approximate surface area is 280 Å². The first kappa shape index (κ1) is 36.9. The summed E-state index contributed by atoms with van der Waals surface area (Å²) in [7, 11) is 1.49. The van der Waals surface area contributed by atoms with E-state index in [2.05, 4.69) is 6.92 Å². The van der Waals surface area contributed by atoms with Crippen LogP contribution in [0.1, 0.15) is 112 Å². The summed E-state index contributed by atoms with van der Waals surface area (Å²) in [6.07, 6.45) is 18.6. The van der Waals surface area contributed by atoms with Gasteiger partial charge in [-0.25, -0.2) is 14.3 Å². The number of aromatic nitrogens is 1. The number of halogens is 1. The van der Waals surface area contributed by atoms with Gasteiger partial charge in [-0.3, -0.25) is 4.79 Å². The van der Waals surface area contributed by atoms with Crippen LogP contribution in [0.4, 0.5) is 4.79 Å². The number of aryl methyl sites for hydroxylation is 1. The highest BCUT2D eigenvalue weighted by molar-refractivity contribution is 6.32. The van der Waals surface area contributed by atoms with Crippen molar-refractivity contribution in [2.45, 2.75) is 111 Å². The predicted molar refractivity (Wildman–Crippen MR) is 183 cm³/mol. The number of carbonyl (C=O) groups excluding carboxylic acids is 2. The van der Waals surface area contributed by atoms with Crippen LogP contribution in [-0.2, 0) is 24.4 Å². The lowest BCUT2D eigenvalue weighted by Gasteiger charge is -2.21. The van der Waals surface area contributed by atoms with Crippen LogP contribution in [0.15, 0.2) is 67.0 Å². The highest BCUT2D eigenvalue weighted by atomic mass is 35.5. The van der Waals surface area contributed by atoms with E-state index in [0.717, 1.165) is 29.8 Å². The zero-order valence-electron chi connectivity index (χ0n) is 28.0. The molecule has 3 rings (SSSR count). The Morgan fingerprint density at radius 2 is 1.39 bits per heavy atom. The third kappa shape index (κ3) is 12.7. The van der Waals surface area contributed by atoms with Crippen molar-refractivity contribution >= 4 is 23.6 Å². The molecule has 8 heteroatoms. The number of nitrogens with zero attached hydrogens (tertiary/aromatic N) is 2. The topological polar surface area (TPSA) is 69.0 Å². The van der Waals surface area contributed by atoms with E-state index in [0.29, 0.717) is 28.7 Å². The largest absolute Gasteiger partial charge is 0.496 e. The van der Waals surface area contributed by atoms with Gasteiger partial charge in [0, 0.05) is 12.1 Å². The quantitative estimate of drug-likeness (QED) is 0.0847. The number of imide groups is 1. The Hall–Kier alpha value is -3.58. The summed E-state index contributed by atoms with van der Waals surface area (Å²) in [6.45, 7) is 5.74. The molecule has 0 aliphatic rings. The summed E-state index contributed by atoms with van der Waals surface area (Å²) in [5, 5.41) is 0.461. The Morgan fingerprint density at radius 1 is 0.761 bits per heavy atom. The van der Waals surface area contributed by atoms with Gasteiger partial charge in [-0.05, 0) is 48.7 Å². The molecule has 46 heavy (non-hydrogen) atoms. The Balaban J connectivity index is 1.47. The summed E-state index contributed by atoms with van der Waals surface area (Å²) in [5.74, 6) is 0.489. The number of unbranched alkanes of at least 4 members (excludes halogenated alkanes) is 11. The second-order valence-corrected chi connectivity index (χ2v) is 12.1. The first-order valence-electron chi connectivity index (χ1n) is 17.0. The number of methoxy groups -OCH3 is 1. The van der Waals surface area contributed by atoms with Crippen LogP contribution in [0.25, 0.3) is 0 Å². The lowest BCUT2D eigenvalue weighted by Crippen LogP contribution is -2.37. The van der Waals surface area contributed by atoms with Crippen LogP contribution in [0, 0.1) is 0 Å². The van der Waals surface area contributed by atoms with E-state index in [1.165, 1.54) is 71.3 Å². The van der Waals surface area contributed by atoms with E-state index in [9.17, 15) is 9.59 Å². The van der Waals surface area contributed by atoms with Crippen LogP contribution < -0.4 is 14.0 Å². The lowest BCUT2D eigenvalue weighted by molar-refractivity contribution is -0.693. The fraction of sp³-hybridized carbons (Fsp3) is 0.500. The predicted octanol–water partition coefficient (Wildman–Crippen LogP) is 9.72. The SMILES string of the molecule is CCCCCCCCCCCCCCOc1ccc(COC(=O)N(Cc2cc[n+](CC)cc2)C(=O)c2ccccc2OC)cc1Cl. The van der Waals surface area contributed by atoms with Crippen molar-refractivity contribution in [2.75, 3.05) is 13.7 Å². The van der Waals surface area contributed by atoms with Crippen molar-refractivity contribution in [1.82, 2.24) is 4.90 Å². The van der Waals surface area contributed by atoms with E-state index in [-0.39, 0.29) is 18.7 Å². The van der Waals surface area contributed by atoms with Gasteiger partial charge in [-0.1, -0.05) is 107 Å². The van der Waals surface area contributed by atoms with Crippen molar-refractivity contribution in [3.63, 3.8) is 0 Å². The standard InChI is InChI=1S/C38H52ClN2O5/c1-4-6-7-8-9-10-11-12-13-14-15-18-27-45-36-22-21-32(28-34(36)39)30-46-38(43)41(29-31-23-25-40(5-2)26-24-31)37(42)33-19-16-17-20-35(33)44-3/h16-17,19-26,28H,4-15,18,27,29-30H2,1-3H3/q+1. The van der Waals surface area contributed by atoms with Gasteiger partial charge in [0.1, 0.15) is 24.7 Å². The second kappa shape index (κ2) is 21.3. The molecule has 0 saturated carbocycles. The van der Waals surface area contributed by atoms with Crippen LogP contribution in [-0.4, -0.2) is 30.6 Å². The Kier molecular flexibility index (Phi) is 17.0. The molecule has 7 nitrogen and oxygen atoms in total. The summed E-state index contributed by atoms with van der Waals surface area (Å²) in [4.78, 5) is 28.0. The Morgan fingerprint density at radius 3 is 2.00 bits per heavy atom. The molecule has 0 unspecified atom stereocenters. The van der Waals surface area contributed by atoms with E-state index >= 15 is 0 Å². The molecular formula is C38H52ClN2O5+. The average molecular weight is 652 g/mol. The number of ether oxygens (including phenoxy) is 3. The van der Waals surface area contributed by atoms with E-state index in [1.807, 2.05) is 42.1 Å². The number of rotatable bonds is 21. The number of amides is 2. The molecule has 0 aliphatic heterocycles. The molecule has 0 aliphatic carbocycles. The molecule has 1 aromatic heterocycles. The van der Waals surface area contributed by atoms with Gasteiger partial charge in [-0.2, -0.15) is 0 Å². The molecule has 3 aromatic rings. The van der Waals surface area contributed by atoms with E-state index in [4.69, 9.17) is 25.8 Å². The maximum atomic E-state index is 13.6. The second-order valence-electron chi connectivity index (χ2n) is 11.7. The molecule has 0 saturated heterocycles. The highest BCUT2D eigenvalue weighted by Crippen LogP contribution is 2.27. The van der Waals surface area contributed by atoms with Gasteiger partial charge in [0.2, 0.25) is 0 Å². The first-order valence-corrected chi connectivity index (χ1v) is 17.3. The number of para-hydroxylation sites is 1. The maximum Gasteiger partial charge on any atom is 0.417 e. The number of benzene rings is 2. The average Bonchev–Trinajstić information content (AvgIpc) is 3.08. The van der Waals surface area contributed by atoms with Gasteiger partial charge >= 0.3 is 6.09 Å². The van der Waals surface area contributed by atoms with Gasteiger partial charge in [0.05, 0.1) is 30.8 Å². The van der Waals surface area contributed by atoms with E-state index < -0.39 is 12.0 Å². The van der Waals surface area contributed by atoms with Gasteiger partial charge in [-0.15, -0.1) is 0 Å².